The Morgan fingerprint density at radius 3 is 2.54 bits per heavy atom. The minimum Gasteiger partial charge on any atom is -0.394 e. The highest BCUT2D eigenvalue weighted by Gasteiger charge is 2.38. The lowest BCUT2D eigenvalue weighted by Gasteiger charge is -2.25. The number of allylic oxidation sites excluding steroid dienone is 1. The second kappa shape index (κ2) is 5.60. The van der Waals surface area contributed by atoms with Crippen molar-refractivity contribution < 1.29 is 5.11 Å². The fourth-order valence-corrected chi connectivity index (χ4v) is 3.38. The third-order valence-electron chi connectivity index (χ3n) is 4.83. The lowest BCUT2D eigenvalue weighted by molar-refractivity contribution is 0.281. The Labute approximate surface area is 140 Å². The average Bonchev–Trinajstić information content (AvgIpc) is 2.77. The molecule has 126 valence electrons. The molecule has 0 aliphatic carbocycles. The number of nitrogens with one attached hydrogen (secondary N) is 1. The average molecular weight is 326 g/mol. The molecule has 0 bridgehead atoms. The van der Waals surface area contributed by atoms with Crippen LogP contribution in [0.5, 0.6) is 0 Å². The second-order valence-electron chi connectivity index (χ2n) is 6.91. The monoisotopic (exact) mass is 326 g/mol. The van der Waals surface area contributed by atoms with Crippen molar-refractivity contribution in [1.82, 2.24) is 0 Å². The van der Waals surface area contributed by atoms with Crippen LogP contribution in [0.2, 0.25) is 0 Å². The Kier molecular flexibility index (Phi) is 3.84. The van der Waals surface area contributed by atoms with Gasteiger partial charge >= 0.3 is 0 Å². The van der Waals surface area contributed by atoms with E-state index in [9.17, 15) is 9.59 Å². The molecule has 0 fully saturated rings. The van der Waals surface area contributed by atoms with Crippen LogP contribution in [0.25, 0.3) is 6.08 Å². The van der Waals surface area contributed by atoms with E-state index in [1.165, 1.54) is 5.56 Å². The van der Waals surface area contributed by atoms with Gasteiger partial charge in [-0.05, 0) is 24.6 Å². The Morgan fingerprint density at radius 2 is 1.92 bits per heavy atom. The molecule has 0 saturated heterocycles. The van der Waals surface area contributed by atoms with Gasteiger partial charge in [0.05, 0.1) is 17.9 Å². The van der Waals surface area contributed by atoms with Crippen molar-refractivity contribution in [2.24, 2.45) is 0 Å². The molecule has 0 unspecified atom stereocenters. The number of hydrogen-bond acceptors (Lipinski definition) is 5. The number of benzene rings is 1. The van der Waals surface area contributed by atoms with Gasteiger partial charge in [0.2, 0.25) is 10.9 Å². The minimum absolute atomic E-state index is 0.105. The van der Waals surface area contributed by atoms with Crippen molar-refractivity contribution in [2.45, 2.75) is 32.2 Å². The van der Waals surface area contributed by atoms with Gasteiger partial charge in [0.15, 0.2) is 0 Å². The number of aliphatic hydroxyl groups excluding tert-OH is 1. The maximum absolute atomic E-state index is 12.0. The molecule has 0 saturated carbocycles. The zero-order valence-corrected chi connectivity index (χ0v) is 14.4. The molecule has 2 aromatic rings. The maximum Gasteiger partial charge on any atom is 0.250 e. The number of nitrogens with zero attached hydrogens (tertiary/aromatic N) is 1. The first-order chi connectivity index (χ1) is 11.3. The van der Waals surface area contributed by atoms with Crippen LogP contribution in [0, 0.1) is 0 Å². The van der Waals surface area contributed by atoms with Crippen molar-refractivity contribution in [1.29, 1.82) is 0 Å². The fraction of sp³-hybridized carbons (Fsp3) is 0.368. The van der Waals surface area contributed by atoms with E-state index in [-0.39, 0.29) is 18.1 Å². The molecule has 0 aromatic heterocycles. The van der Waals surface area contributed by atoms with Crippen LogP contribution in [0.4, 0.5) is 11.4 Å². The van der Waals surface area contributed by atoms with E-state index in [4.69, 9.17) is 5.11 Å². The summed E-state index contributed by atoms with van der Waals surface area (Å²) in [5.41, 5.74) is 2.70. The van der Waals surface area contributed by atoms with E-state index in [0.717, 1.165) is 11.4 Å². The van der Waals surface area contributed by atoms with Crippen molar-refractivity contribution >= 4 is 17.5 Å². The summed E-state index contributed by atoms with van der Waals surface area (Å²) in [4.78, 5) is 26.0. The Balaban J connectivity index is 2.07. The zero-order chi connectivity index (χ0) is 17.6. The van der Waals surface area contributed by atoms with Crippen LogP contribution < -0.4 is 21.1 Å². The fourth-order valence-electron chi connectivity index (χ4n) is 3.38. The zero-order valence-electron chi connectivity index (χ0n) is 14.4. The van der Waals surface area contributed by atoms with Gasteiger partial charge in [0.1, 0.15) is 0 Å². The Morgan fingerprint density at radius 1 is 1.25 bits per heavy atom. The molecule has 1 atom stereocenters. The Bertz CT molecular complexity index is 888. The molecule has 1 aliphatic heterocycles. The normalized spacial score (nSPS) is 18.9. The number of para-hydroxylation sites is 1. The molecule has 5 nitrogen and oxygen atoms in total. The first-order valence-electron chi connectivity index (χ1n) is 8.05. The van der Waals surface area contributed by atoms with Crippen LogP contribution in [0.3, 0.4) is 0 Å². The number of anilines is 2. The summed E-state index contributed by atoms with van der Waals surface area (Å²) in [7, 11) is 1.97. The molecular formula is C19H22N2O3. The van der Waals surface area contributed by atoms with Crippen LogP contribution in [-0.2, 0) is 5.41 Å². The van der Waals surface area contributed by atoms with E-state index in [0.29, 0.717) is 11.3 Å². The third kappa shape index (κ3) is 2.27. The van der Waals surface area contributed by atoms with Gasteiger partial charge in [-0.2, -0.15) is 0 Å². The number of fused-ring (bicyclic) bond motifs is 1. The predicted octanol–water partition coefficient (Wildman–Crippen LogP) is 1.84. The number of aliphatic hydroxyl groups is 1. The first kappa shape index (κ1) is 16.5. The van der Waals surface area contributed by atoms with E-state index in [1.807, 2.05) is 25.2 Å². The van der Waals surface area contributed by atoms with Gasteiger partial charge in [-0.3, -0.25) is 9.59 Å². The lowest BCUT2D eigenvalue weighted by Crippen LogP contribution is -2.40. The smallest absolute Gasteiger partial charge is 0.250 e. The quantitative estimate of drug-likeness (QED) is 0.839. The van der Waals surface area contributed by atoms with Crippen molar-refractivity contribution in [2.75, 3.05) is 23.9 Å². The topological polar surface area (TPSA) is 69.6 Å². The van der Waals surface area contributed by atoms with Crippen LogP contribution in [0.15, 0.2) is 39.6 Å². The summed E-state index contributed by atoms with van der Waals surface area (Å²) >= 11 is 0. The molecule has 2 N–H and O–H groups in total. The molecule has 0 spiro atoms. The summed E-state index contributed by atoms with van der Waals surface area (Å²) < 4.78 is 0. The summed E-state index contributed by atoms with van der Waals surface area (Å²) in [5.74, 6) is 0. The van der Waals surface area contributed by atoms with Crippen LogP contribution >= 0.6 is 0 Å². The summed E-state index contributed by atoms with van der Waals surface area (Å²) in [6, 6.07) is 7.85. The van der Waals surface area contributed by atoms with Crippen LogP contribution in [-0.4, -0.2) is 24.8 Å². The van der Waals surface area contributed by atoms with Crippen LogP contribution in [0.1, 0.15) is 31.9 Å². The summed E-state index contributed by atoms with van der Waals surface area (Å²) in [6.45, 7) is 5.87. The largest absolute Gasteiger partial charge is 0.394 e. The molecule has 0 amide bonds. The highest BCUT2D eigenvalue weighted by molar-refractivity contribution is 5.80. The number of rotatable bonds is 4. The molecule has 5 heteroatoms. The first-order valence-corrected chi connectivity index (χ1v) is 8.05. The van der Waals surface area contributed by atoms with E-state index in [2.05, 4.69) is 30.1 Å². The van der Waals surface area contributed by atoms with Gasteiger partial charge < -0.3 is 15.3 Å². The van der Waals surface area contributed by atoms with Crippen molar-refractivity contribution in [3.8, 4) is 0 Å². The van der Waals surface area contributed by atoms with Gasteiger partial charge in [0, 0.05) is 29.9 Å². The molecule has 3 rings (SSSR count). The summed E-state index contributed by atoms with van der Waals surface area (Å²) in [6.07, 6.45) is 1.80. The molecular weight excluding hydrogens is 304 g/mol. The predicted molar refractivity (Wildman–Crippen MR) is 97.4 cm³/mol. The van der Waals surface area contributed by atoms with Gasteiger partial charge in [-0.15, -0.1) is 0 Å². The van der Waals surface area contributed by atoms with E-state index < -0.39 is 10.9 Å². The number of likely N-dealkylation sites (N-methyl/N-ethyl adjacent to an activating group) is 1. The molecule has 1 heterocycles. The molecule has 0 radical (unpaired) electrons. The third-order valence-corrected chi connectivity index (χ3v) is 4.83. The van der Waals surface area contributed by atoms with Crippen molar-refractivity contribution in [3.63, 3.8) is 0 Å². The van der Waals surface area contributed by atoms with E-state index >= 15 is 0 Å². The van der Waals surface area contributed by atoms with E-state index in [1.54, 1.807) is 13.0 Å². The SMILES string of the molecule is C[C@@H](CO)Nc1c(/C=C2\N(C)c3ccccc3C2(C)C)c(=O)c1=O. The molecule has 24 heavy (non-hydrogen) atoms. The standard InChI is InChI=1S/C19H22N2O3/c1-11(10-22)20-16-12(17(23)18(16)24)9-15-19(2,3)13-7-5-6-8-14(13)21(15)4/h5-9,11,20,22H,10H2,1-4H3/b15-9-/t11-/m0/s1. The maximum atomic E-state index is 12.0. The Hall–Kier alpha value is -2.40. The second-order valence-corrected chi connectivity index (χ2v) is 6.91. The minimum atomic E-state index is -0.516. The summed E-state index contributed by atoms with van der Waals surface area (Å²) in [5, 5.41) is 12.1. The molecule has 1 aliphatic rings. The van der Waals surface area contributed by atoms with Crippen molar-refractivity contribution in [3.05, 3.63) is 61.5 Å². The van der Waals surface area contributed by atoms with Gasteiger partial charge in [-0.1, -0.05) is 32.0 Å². The highest BCUT2D eigenvalue weighted by atomic mass is 16.3. The highest BCUT2D eigenvalue weighted by Crippen LogP contribution is 2.47. The molecule has 2 aromatic carbocycles. The lowest BCUT2D eigenvalue weighted by atomic mass is 9.83. The number of hydrogen-bond donors (Lipinski definition) is 2. The van der Waals surface area contributed by atoms with Gasteiger partial charge in [-0.25, -0.2) is 0 Å². The van der Waals surface area contributed by atoms with Gasteiger partial charge in [0.25, 0.3) is 0 Å².